The van der Waals surface area contributed by atoms with Gasteiger partial charge in [0.25, 0.3) is 6.43 Å². The average Bonchev–Trinajstić information content (AvgIpc) is 2.37. The SMILES string of the molecule is COCCC(F)CC(O)(C(F)F)C1CCCNC1. The fourth-order valence-corrected chi connectivity index (χ4v) is 2.42. The zero-order valence-corrected chi connectivity index (χ0v) is 10.7. The summed E-state index contributed by atoms with van der Waals surface area (Å²) in [6, 6.07) is 0. The Bertz CT molecular complexity index is 237. The quantitative estimate of drug-likeness (QED) is 0.740. The van der Waals surface area contributed by atoms with Crippen molar-refractivity contribution in [3.63, 3.8) is 0 Å². The lowest BCUT2D eigenvalue weighted by molar-refractivity contribution is -0.151. The Kier molecular flexibility index (Phi) is 6.38. The Morgan fingerprint density at radius 2 is 2.17 bits per heavy atom. The van der Waals surface area contributed by atoms with Gasteiger partial charge in [-0.1, -0.05) is 0 Å². The summed E-state index contributed by atoms with van der Waals surface area (Å²) in [4.78, 5) is 0. The molecule has 1 aliphatic heterocycles. The fourth-order valence-electron chi connectivity index (χ4n) is 2.42. The van der Waals surface area contributed by atoms with Crippen LogP contribution in [0.25, 0.3) is 0 Å². The number of piperidine rings is 1. The number of hydrogen-bond donors (Lipinski definition) is 2. The van der Waals surface area contributed by atoms with E-state index in [1.807, 2.05) is 0 Å². The molecule has 3 atom stereocenters. The summed E-state index contributed by atoms with van der Waals surface area (Å²) >= 11 is 0. The van der Waals surface area contributed by atoms with Crippen LogP contribution in [0.1, 0.15) is 25.7 Å². The van der Waals surface area contributed by atoms with E-state index in [0.717, 1.165) is 13.0 Å². The van der Waals surface area contributed by atoms with Crippen LogP contribution in [0.3, 0.4) is 0 Å². The summed E-state index contributed by atoms with van der Waals surface area (Å²) in [7, 11) is 1.43. The van der Waals surface area contributed by atoms with Crippen LogP contribution in [-0.4, -0.2) is 50.1 Å². The number of aliphatic hydroxyl groups is 1. The van der Waals surface area contributed by atoms with Crippen LogP contribution in [0, 0.1) is 5.92 Å². The Morgan fingerprint density at radius 3 is 2.67 bits per heavy atom. The molecule has 6 heteroatoms. The van der Waals surface area contributed by atoms with Crippen LogP contribution in [0.15, 0.2) is 0 Å². The first kappa shape index (κ1) is 15.7. The number of nitrogens with one attached hydrogen (secondary N) is 1. The van der Waals surface area contributed by atoms with Crippen molar-refractivity contribution in [1.82, 2.24) is 5.32 Å². The average molecular weight is 269 g/mol. The number of ether oxygens (including phenoxy) is 1. The van der Waals surface area contributed by atoms with E-state index >= 15 is 0 Å². The first-order chi connectivity index (χ1) is 8.50. The van der Waals surface area contributed by atoms with Gasteiger partial charge in [0.15, 0.2) is 0 Å². The highest BCUT2D eigenvalue weighted by Gasteiger charge is 2.46. The minimum atomic E-state index is -2.93. The maximum Gasteiger partial charge on any atom is 0.267 e. The zero-order chi connectivity index (χ0) is 13.6. The Labute approximate surface area is 106 Å². The lowest BCUT2D eigenvalue weighted by Crippen LogP contribution is -2.52. The summed E-state index contributed by atoms with van der Waals surface area (Å²) in [5.41, 5.74) is -2.24. The molecule has 0 saturated carbocycles. The van der Waals surface area contributed by atoms with Gasteiger partial charge < -0.3 is 15.2 Å². The molecule has 0 amide bonds. The molecule has 0 aromatic heterocycles. The van der Waals surface area contributed by atoms with Crippen LogP contribution in [0.5, 0.6) is 0 Å². The molecule has 3 unspecified atom stereocenters. The van der Waals surface area contributed by atoms with Gasteiger partial charge in [-0.2, -0.15) is 0 Å². The summed E-state index contributed by atoms with van der Waals surface area (Å²) in [5.74, 6) is -0.591. The molecule has 1 rings (SSSR count). The molecular formula is C12H22F3NO2. The molecule has 1 fully saturated rings. The second-order valence-electron chi connectivity index (χ2n) is 4.92. The van der Waals surface area contributed by atoms with Crippen molar-refractivity contribution < 1.29 is 23.0 Å². The van der Waals surface area contributed by atoms with E-state index in [1.54, 1.807) is 0 Å². The molecule has 0 aromatic rings. The van der Waals surface area contributed by atoms with Gasteiger partial charge in [0, 0.05) is 39.0 Å². The fraction of sp³-hybridized carbons (Fsp3) is 1.00. The molecule has 1 aliphatic rings. The summed E-state index contributed by atoms with van der Waals surface area (Å²) in [6.45, 7) is 1.25. The number of rotatable bonds is 7. The molecule has 0 spiro atoms. The van der Waals surface area contributed by atoms with Crippen LogP contribution < -0.4 is 5.32 Å². The molecule has 2 N–H and O–H groups in total. The lowest BCUT2D eigenvalue weighted by Gasteiger charge is -2.38. The maximum absolute atomic E-state index is 13.6. The second-order valence-corrected chi connectivity index (χ2v) is 4.92. The maximum atomic E-state index is 13.6. The van der Waals surface area contributed by atoms with Gasteiger partial charge in [-0.15, -0.1) is 0 Å². The minimum Gasteiger partial charge on any atom is -0.385 e. The van der Waals surface area contributed by atoms with E-state index in [0.29, 0.717) is 13.0 Å². The van der Waals surface area contributed by atoms with Crippen LogP contribution in [-0.2, 0) is 4.74 Å². The van der Waals surface area contributed by atoms with E-state index in [9.17, 15) is 18.3 Å². The van der Waals surface area contributed by atoms with Gasteiger partial charge in [-0.25, -0.2) is 13.2 Å². The van der Waals surface area contributed by atoms with Crippen molar-refractivity contribution in [2.45, 2.75) is 43.9 Å². The van der Waals surface area contributed by atoms with Crippen LogP contribution >= 0.6 is 0 Å². The first-order valence-electron chi connectivity index (χ1n) is 6.35. The van der Waals surface area contributed by atoms with Gasteiger partial charge in [0.1, 0.15) is 11.8 Å². The number of alkyl halides is 3. The molecule has 0 bridgehead atoms. The summed E-state index contributed by atoms with van der Waals surface area (Å²) < 4.78 is 44.5. The minimum absolute atomic E-state index is 0.0334. The van der Waals surface area contributed by atoms with Gasteiger partial charge >= 0.3 is 0 Å². The third-order valence-electron chi connectivity index (χ3n) is 3.57. The van der Waals surface area contributed by atoms with Crippen molar-refractivity contribution >= 4 is 0 Å². The van der Waals surface area contributed by atoms with Crippen LogP contribution in [0.2, 0.25) is 0 Å². The molecule has 108 valence electrons. The largest absolute Gasteiger partial charge is 0.385 e. The highest BCUT2D eigenvalue weighted by Crippen LogP contribution is 2.35. The topological polar surface area (TPSA) is 41.5 Å². The van der Waals surface area contributed by atoms with E-state index < -0.39 is 30.5 Å². The van der Waals surface area contributed by atoms with Gasteiger partial charge in [0.2, 0.25) is 0 Å². The van der Waals surface area contributed by atoms with Crippen molar-refractivity contribution in [1.29, 1.82) is 0 Å². The molecule has 0 aromatic carbocycles. The summed E-state index contributed by atoms with van der Waals surface area (Å²) in [6.07, 6.45) is -3.65. The van der Waals surface area contributed by atoms with Crippen molar-refractivity contribution in [2.24, 2.45) is 5.92 Å². The molecule has 1 heterocycles. The molecule has 0 aliphatic carbocycles. The lowest BCUT2D eigenvalue weighted by atomic mass is 9.78. The van der Waals surface area contributed by atoms with E-state index in [-0.39, 0.29) is 13.0 Å². The standard InChI is InChI=1S/C12H22F3NO2/c1-18-6-4-10(13)7-12(17,11(14)15)9-3-2-5-16-8-9/h9-11,16-17H,2-8H2,1H3. The monoisotopic (exact) mass is 269 g/mol. The Balaban J connectivity index is 2.60. The molecule has 18 heavy (non-hydrogen) atoms. The van der Waals surface area contributed by atoms with E-state index in [4.69, 9.17) is 4.74 Å². The highest BCUT2D eigenvalue weighted by atomic mass is 19.3. The molecule has 0 radical (unpaired) electrons. The normalized spacial score (nSPS) is 26.0. The van der Waals surface area contributed by atoms with Crippen LogP contribution in [0.4, 0.5) is 13.2 Å². The number of methoxy groups -OCH3 is 1. The van der Waals surface area contributed by atoms with E-state index in [1.165, 1.54) is 7.11 Å². The van der Waals surface area contributed by atoms with Gasteiger partial charge in [-0.05, 0) is 19.4 Å². The van der Waals surface area contributed by atoms with Gasteiger partial charge in [-0.3, -0.25) is 0 Å². The molecule has 3 nitrogen and oxygen atoms in total. The predicted octanol–water partition coefficient (Wildman–Crippen LogP) is 1.75. The van der Waals surface area contributed by atoms with Crippen molar-refractivity contribution in [3.8, 4) is 0 Å². The number of halogens is 3. The second kappa shape index (κ2) is 7.31. The Morgan fingerprint density at radius 1 is 1.44 bits per heavy atom. The first-order valence-corrected chi connectivity index (χ1v) is 6.35. The summed E-state index contributed by atoms with van der Waals surface area (Å²) in [5, 5.41) is 13.1. The smallest absolute Gasteiger partial charge is 0.267 e. The van der Waals surface area contributed by atoms with Gasteiger partial charge in [0.05, 0.1) is 0 Å². The Hall–Kier alpha value is -0.330. The van der Waals surface area contributed by atoms with Crippen molar-refractivity contribution in [2.75, 3.05) is 26.8 Å². The molecular weight excluding hydrogens is 247 g/mol. The third-order valence-corrected chi connectivity index (χ3v) is 3.57. The van der Waals surface area contributed by atoms with E-state index in [2.05, 4.69) is 5.32 Å². The zero-order valence-electron chi connectivity index (χ0n) is 10.7. The molecule has 1 saturated heterocycles. The predicted molar refractivity (Wildman–Crippen MR) is 62.6 cm³/mol. The van der Waals surface area contributed by atoms with Crippen molar-refractivity contribution in [3.05, 3.63) is 0 Å². The third kappa shape index (κ3) is 4.10. The number of hydrogen-bond acceptors (Lipinski definition) is 3. The highest BCUT2D eigenvalue weighted by molar-refractivity contribution is 4.93.